The van der Waals surface area contributed by atoms with Crippen LogP contribution in [0.4, 0.5) is 39.5 Å². The molecule has 190 valence electrons. The van der Waals surface area contributed by atoms with Gasteiger partial charge in [-0.25, -0.2) is 0 Å². The third-order valence-corrected chi connectivity index (χ3v) is 7.44. The smallest absolute Gasteiger partial charge is 0.388 e. The maximum Gasteiger partial charge on any atom is 0.416 e. The molecule has 3 unspecified atom stereocenters. The summed E-state index contributed by atoms with van der Waals surface area (Å²) < 4.78 is 119. The van der Waals surface area contributed by atoms with Gasteiger partial charge >= 0.3 is 18.5 Å². The molecule has 2 nitrogen and oxygen atoms in total. The number of aliphatic hydroxyl groups is 2. The minimum absolute atomic E-state index is 0.0149. The molecule has 0 heterocycles. The minimum Gasteiger partial charge on any atom is -0.388 e. The molecular weight excluding hydrogens is 709 g/mol. The lowest BCUT2D eigenvalue weighted by Crippen LogP contribution is -2.43. The van der Waals surface area contributed by atoms with E-state index in [9.17, 15) is 49.7 Å². The highest BCUT2D eigenvalue weighted by atomic mass is 127. The van der Waals surface area contributed by atoms with Crippen LogP contribution in [-0.4, -0.2) is 31.3 Å². The third kappa shape index (κ3) is 7.12. The third-order valence-electron chi connectivity index (χ3n) is 5.18. The summed E-state index contributed by atoms with van der Waals surface area (Å²) in [6.45, 7) is 0. The fourth-order valence-electron chi connectivity index (χ4n) is 3.37. The van der Waals surface area contributed by atoms with E-state index in [2.05, 4.69) is 0 Å². The van der Waals surface area contributed by atoms with Gasteiger partial charge in [-0.3, -0.25) is 0 Å². The van der Waals surface area contributed by atoms with Crippen molar-refractivity contribution in [2.75, 3.05) is 8.86 Å². The Balaban J connectivity index is 2.49. The number of hydrogen-bond donors (Lipinski definition) is 2. The Morgan fingerprint density at radius 2 is 1.12 bits per heavy atom. The Bertz CT molecular complexity index is 920. The molecule has 0 saturated heterocycles. The van der Waals surface area contributed by atoms with Crippen molar-refractivity contribution in [2.24, 2.45) is 11.8 Å². The van der Waals surface area contributed by atoms with Gasteiger partial charge in [-0.1, -0.05) is 69.4 Å². The second-order valence-corrected chi connectivity index (χ2v) is 9.26. The molecule has 0 amide bonds. The number of hydrogen-bond acceptors (Lipinski definition) is 2. The molecule has 3 atom stereocenters. The molecule has 0 spiro atoms. The summed E-state index contributed by atoms with van der Waals surface area (Å²) in [5.74, 6) is -2.37. The highest BCUT2D eigenvalue weighted by Crippen LogP contribution is 2.41. The molecule has 34 heavy (non-hydrogen) atoms. The first kappa shape index (κ1) is 29.4. The Hall–Kier alpha value is -0.810. The first-order valence-electron chi connectivity index (χ1n) is 9.45. The van der Waals surface area contributed by atoms with Crippen LogP contribution in [0.15, 0.2) is 42.5 Å². The Kier molecular flexibility index (Phi) is 9.58. The number of benzene rings is 2. The average Bonchev–Trinajstić information content (AvgIpc) is 2.74. The zero-order valence-corrected chi connectivity index (χ0v) is 21.1. The number of halogens is 11. The molecule has 0 radical (unpaired) electrons. The van der Waals surface area contributed by atoms with Crippen molar-refractivity contribution in [1.82, 2.24) is 0 Å². The van der Waals surface area contributed by atoms with Gasteiger partial charge in [0.15, 0.2) is 6.10 Å². The molecule has 0 aromatic heterocycles. The lowest BCUT2D eigenvalue weighted by atomic mass is 9.81. The monoisotopic (exact) mass is 726 g/mol. The molecule has 13 heteroatoms. The zero-order valence-electron chi connectivity index (χ0n) is 16.8. The van der Waals surface area contributed by atoms with E-state index in [0.717, 1.165) is 24.3 Å². The molecule has 2 aromatic carbocycles. The fourth-order valence-corrected chi connectivity index (χ4v) is 6.36. The van der Waals surface area contributed by atoms with Gasteiger partial charge in [0.1, 0.15) is 0 Å². The molecule has 2 rings (SSSR count). The highest BCUT2D eigenvalue weighted by Gasteiger charge is 2.48. The molecule has 0 aliphatic heterocycles. The molecule has 2 aromatic rings. The van der Waals surface area contributed by atoms with E-state index in [1.54, 1.807) is 0 Å². The topological polar surface area (TPSA) is 40.5 Å². The van der Waals surface area contributed by atoms with E-state index in [4.69, 9.17) is 0 Å². The van der Waals surface area contributed by atoms with Gasteiger partial charge in [-0.05, 0) is 40.8 Å². The van der Waals surface area contributed by atoms with Crippen LogP contribution in [0.5, 0.6) is 0 Å². The molecular formula is C21H17F9I2O2. The van der Waals surface area contributed by atoms with Crippen LogP contribution in [-0.2, 0) is 12.4 Å². The van der Waals surface area contributed by atoms with Crippen LogP contribution < -0.4 is 0 Å². The van der Waals surface area contributed by atoms with Crippen molar-refractivity contribution in [3.8, 4) is 11.1 Å². The first-order chi connectivity index (χ1) is 15.5. The number of aliphatic hydroxyl groups excluding tert-OH is 2. The Labute approximate surface area is 215 Å². The van der Waals surface area contributed by atoms with Gasteiger partial charge in [0.2, 0.25) is 0 Å². The maximum atomic E-state index is 13.2. The molecule has 0 bridgehead atoms. The summed E-state index contributed by atoms with van der Waals surface area (Å²) in [5.41, 5.74) is -3.57. The van der Waals surface area contributed by atoms with Crippen LogP contribution >= 0.6 is 45.2 Å². The van der Waals surface area contributed by atoms with Crippen LogP contribution in [0, 0.1) is 11.8 Å². The largest absolute Gasteiger partial charge is 0.416 e. The quantitative estimate of drug-likeness (QED) is 0.177. The van der Waals surface area contributed by atoms with Crippen molar-refractivity contribution in [3.05, 3.63) is 59.2 Å². The van der Waals surface area contributed by atoms with Gasteiger partial charge in [0.25, 0.3) is 0 Å². The van der Waals surface area contributed by atoms with Gasteiger partial charge in [0, 0.05) is 14.8 Å². The summed E-state index contributed by atoms with van der Waals surface area (Å²) in [6, 6.07) is 5.47. The summed E-state index contributed by atoms with van der Waals surface area (Å²) in [7, 11) is 0. The van der Waals surface area contributed by atoms with Crippen LogP contribution in [0.3, 0.4) is 0 Å². The van der Waals surface area contributed by atoms with Crippen molar-refractivity contribution in [3.63, 3.8) is 0 Å². The Morgan fingerprint density at radius 1 is 0.676 bits per heavy atom. The minimum atomic E-state index is -5.04. The first-order valence-corrected chi connectivity index (χ1v) is 12.5. The van der Waals surface area contributed by atoms with Crippen LogP contribution in [0.25, 0.3) is 11.1 Å². The number of alkyl halides is 11. The predicted molar refractivity (Wildman–Crippen MR) is 124 cm³/mol. The van der Waals surface area contributed by atoms with E-state index in [0.29, 0.717) is 12.1 Å². The second-order valence-electron chi connectivity index (χ2n) is 7.49. The average molecular weight is 726 g/mol. The normalized spacial score (nSPS) is 15.9. The van der Waals surface area contributed by atoms with E-state index in [1.807, 2.05) is 45.2 Å². The molecule has 0 aliphatic carbocycles. The van der Waals surface area contributed by atoms with Gasteiger partial charge in [-0.2, -0.15) is 39.5 Å². The standard InChI is InChI=1S/C21H17F9I2O2/c22-19(23,24)14-5-12(6-15(7-14)20(25,26)27)10-1-3-11(4-2-10)17(33)16(13(8-31)9-32)18(34)21(28,29)30/h1-7,13,16-18,33-34H,8-9H2. The lowest BCUT2D eigenvalue weighted by molar-refractivity contribution is -0.234. The van der Waals surface area contributed by atoms with Crippen molar-refractivity contribution in [2.45, 2.75) is 30.7 Å². The van der Waals surface area contributed by atoms with Crippen molar-refractivity contribution >= 4 is 45.2 Å². The van der Waals surface area contributed by atoms with Crippen molar-refractivity contribution < 1.29 is 49.7 Å². The Morgan fingerprint density at radius 3 is 1.47 bits per heavy atom. The van der Waals surface area contributed by atoms with Crippen LogP contribution in [0.2, 0.25) is 0 Å². The van der Waals surface area contributed by atoms with Crippen molar-refractivity contribution in [1.29, 1.82) is 0 Å². The summed E-state index contributed by atoms with van der Waals surface area (Å²) in [4.78, 5) is 0. The van der Waals surface area contributed by atoms with E-state index in [-0.39, 0.29) is 26.0 Å². The van der Waals surface area contributed by atoms with Gasteiger partial charge in [-0.15, -0.1) is 0 Å². The molecule has 2 N–H and O–H groups in total. The number of rotatable bonds is 7. The summed E-state index contributed by atoms with van der Waals surface area (Å²) in [5, 5.41) is 20.5. The SMILES string of the molecule is OC(c1ccc(-c2cc(C(F)(F)F)cc(C(F)(F)F)c2)cc1)C(C(CI)CI)C(O)C(F)(F)F. The van der Waals surface area contributed by atoms with Crippen LogP contribution in [0.1, 0.15) is 22.8 Å². The summed E-state index contributed by atoms with van der Waals surface area (Å²) in [6.07, 6.45) is -19.7. The maximum absolute atomic E-state index is 13.2. The summed E-state index contributed by atoms with van der Waals surface area (Å²) >= 11 is 3.67. The highest BCUT2D eigenvalue weighted by molar-refractivity contribution is 14.1. The lowest BCUT2D eigenvalue weighted by Gasteiger charge is -2.34. The molecule has 0 aliphatic rings. The molecule has 0 fully saturated rings. The van der Waals surface area contributed by atoms with Gasteiger partial charge < -0.3 is 10.2 Å². The fraction of sp³-hybridized carbons (Fsp3) is 0.429. The van der Waals surface area contributed by atoms with E-state index in [1.165, 1.54) is 0 Å². The van der Waals surface area contributed by atoms with E-state index >= 15 is 0 Å². The molecule has 0 saturated carbocycles. The van der Waals surface area contributed by atoms with Gasteiger partial charge in [0.05, 0.1) is 17.2 Å². The predicted octanol–water partition coefficient (Wildman–Crippen LogP) is 7.45. The second kappa shape index (κ2) is 11.1. The van der Waals surface area contributed by atoms with E-state index < -0.39 is 59.3 Å². The zero-order chi connectivity index (χ0) is 26.1.